The Kier molecular flexibility index (Phi) is 4.78. The quantitative estimate of drug-likeness (QED) is 0.849. The zero-order valence-electron chi connectivity index (χ0n) is 11.0. The Labute approximate surface area is 124 Å². The molecule has 1 fully saturated rings. The summed E-state index contributed by atoms with van der Waals surface area (Å²) in [6.07, 6.45) is -2.33. The highest BCUT2D eigenvalue weighted by molar-refractivity contribution is 8.00. The average Bonchev–Trinajstić information content (AvgIpc) is 3.25. The van der Waals surface area contributed by atoms with Gasteiger partial charge in [0.1, 0.15) is 0 Å². The van der Waals surface area contributed by atoms with E-state index in [0.29, 0.717) is 17.4 Å². The van der Waals surface area contributed by atoms with Crippen molar-refractivity contribution >= 4 is 17.7 Å². The van der Waals surface area contributed by atoms with Gasteiger partial charge in [-0.3, -0.25) is 4.79 Å². The summed E-state index contributed by atoms with van der Waals surface area (Å²) in [5.74, 6) is 0.436. The molecule has 0 aliphatic heterocycles. The van der Waals surface area contributed by atoms with Gasteiger partial charge in [0.15, 0.2) is 0 Å². The molecule has 1 aliphatic rings. The molecule has 1 N–H and O–H groups in total. The Morgan fingerprint density at radius 3 is 2.71 bits per heavy atom. The van der Waals surface area contributed by atoms with Crippen LogP contribution in [0.3, 0.4) is 0 Å². The molecule has 1 aromatic carbocycles. The minimum absolute atomic E-state index is 0.0654. The fourth-order valence-corrected chi connectivity index (χ4v) is 2.49. The summed E-state index contributed by atoms with van der Waals surface area (Å²) >= 11 is 1.03. The van der Waals surface area contributed by atoms with Gasteiger partial charge in [0.2, 0.25) is 5.91 Å². The van der Waals surface area contributed by atoms with Crippen molar-refractivity contribution in [3.05, 3.63) is 29.3 Å². The van der Waals surface area contributed by atoms with E-state index in [1.807, 2.05) is 0 Å². The van der Waals surface area contributed by atoms with Gasteiger partial charge in [0.25, 0.3) is 0 Å². The van der Waals surface area contributed by atoms with Gasteiger partial charge in [-0.05, 0) is 37.0 Å². The molecule has 0 spiro atoms. The van der Waals surface area contributed by atoms with E-state index in [1.165, 1.54) is 12.1 Å². The molecule has 0 unspecified atom stereocenters. The van der Waals surface area contributed by atoms with Gasteiger partial charge in [-0.15, -0.1) is 11.8 Å². The number of alkyl halides is 3. The van der Waals surface area contributed by atoms with Crippen molar-refractivity contribution in [1.29, 1.82) is 5.26 Å². The van der Waals surface area contributed by atoms with Crippen LogP contribution in [-0.4, -0.2) is 18.2 Å². The zero-order valence-corrected chi connectivity index (χ0v) is 11.9. The maximum Gasteiger partial charge on any atom is 0.417 e. The second kappa shape index (κ2) is 6.39. The zero-order chi connectivity index (χ0) is 15.5. The SMILES string of the molecule is N#Cc1ccc(SCC(=O)NCC2CC2)cc1C(F)(F)F. The summed E-state index contributed by atoms with van der Waals surface area (Å²) in [7, 11) is 0. The molecule has 1 saturated carbocycles. The lowest BCUT2D eigenvalue weighted by atomic mass is 10.1. The van der Waals surface area contributed by atoms with Crippen molar-refractivity contribution in [3.63, 3.8) is 0 Å². The van der Waals surface area contributed by atoms with Crippen molar-refractivity contribution in [2.24, 2.45) is 5.92 Å². The Hall–Kier alpha value is -1.68. The van der Waals surface area contributed by atoms with E-state index in [-0.39, 0.29) is 11.7 Å². The molecule has 7 heteroatoms. The number of benzene rings is 1. The molecule has 0 heterocycles. The number of carbonyl (C=O) groups excluding carboxylic acids is 1. The lowest BCUT2D eigenvalue weighted by Crippen LogP contribution is -2.27. The van der Waals surface area contributed by atoms with Crippen molar-refractivity contribution in [2.75, 3.05) is 12.3 Å². The largest absolute Gasteiger partial charge is 0.417 e. The van der Waals surface area contributed by atoms with Crippen LogP contribution < -0.4 is 5.32 Å². The first kappa shape index (κ1) is 15.7. The summed E-state index contributed by atoms with van der Waals surface area (Å²) in [6, 6.07) is 4.99. The van der Waals surface area contributed by atoms with E-state index >= 15 is 0 Å². The van der Waals surface area contributed by atoms with Crippen LogP contribution in [-0.2, 0) is 11.0 Å². The van der Waals surface area contributed by atoms with Crippen LogP contribution in [0.25, 0.3) is 0 Å². The number of halogens is 3. The van der Waals surface area contributed by atoms with E-state index in [4.69, 9.17) is 5.26 Å². The first-order chi connectivity index (χ1) is 9.90. The van der Waals surface area contributed by atoms with Gasteiger partial charge in [0.05, 0.1) is 22.9 Å². The van der Waals surface area contributed by atoms with Crippen molar-refractivity contribution < 1.29 is 18.0 Å². The highest BCUT2D eigenvalue weighted by Crippen LogP contribution is 2.34. The Balaban J connectivity index is 1.96. The molecular formula is C14H13F3N2OS. The summed E-state index contributed by atoms with van der Waals surface area (Å²) < 4.78 is 38.4. The second-order valence-corrected chi connectivity index (χ2v) is 5.90. The molecule has 1 aromatic rings. The van der Waals surface area contributed by atoms with Crippen LogP contribution in [0, 0.1) is 17.2 Å². The number of nitrogens with zero attached hydrogens (tertiary/aromatic N) is 1. The predicted molar refractivity (Wildman–Crippen MR) is 72.6 cm³/mol. The molecule has 0 atom stereocenters. The third kappa shape index (κ3) is 4.67. The lowest BCUT2D eigenvalue weighted by molar-refractivity contribution is -0.137. The first-order valence-corrected chi connectivity index (χ1v) is 7.39. The molecule has 1 aliphatic carbocycles. The van der Waals surface area contributed by atoms with E-state index in [0.717, 1.165) is 36.7 Å². The number of rotatable bonds is 5. The fraction of sp³-hybridized carbons (Fsp3) is 0.429. The molecule has 1 amide bonds. The number of carbonyl (C=O) groups is 1. The Bertz CT molecular complexity index is 577. The smallest absolute Gasteiger partial charge is 0.355 e. The third-order valence-corrected chi connectivity index (χ3v) is 4.07. The number of hydrogen-bond donors (Lipinski definition) is 1. The van der Waals surface area contributed by atoms with E-state index in [2.05, 4.69) is 5.32 Å². The highest BCUT2D eigenvalue weighted by atomic mass is 32.2. The number of thioether (sulfide) groups is 1. The normalized spacial score (nSPS) is 14.6. The maximum absolute atomic E-state index is 12.8. The number of nitrogens with one attached hydrogen (secondary N) is 1. The number of amides is 1. The number of hydrogen-bond acceptors (Lipinski definition) is 3. The van der Waals surface area contributed by atoms with E-state index in [1.54, 1.807) is 0 Å². The van der Waals surface area contributed by atoms with Crippen LogP contribution in [0.2, 0.25) is 0 Å². The second-order valence-electron chi connectivity index (χ2n) is 4.85. The number of nitriles is 1. The monoisotopic (exact) mass is 314 g/mol. The minimum Gasteiger partial charge on any atom is -0.355 e. The highest BCUT2D eigenvalue weighted by Gasteiger charge is 2.33. The van der Waals surface area contributed by atoms with Crippen molar-refractivity contribution in [3.8, 4) is 6.07 Å². The van der Waals surface area contributed by atoms with Gasteiger partial charge in [-0.2, -0.15) is 18.4 Å². The Morgan fingerprint density at radius 1 is 1.43 bits per heavy atom. The fourth-order valence-electron chi connectivity index (χ4n) is 1.73. The molecule has 0 aromatic heterocycles. The van der Waals surface area contributed by atoms with Crippen molar-refractivity contribution in [1.82, 2.24) is 5.32 Å². The lowest BCUT2D eigenvalue weighted by Gasteiger charge is -2.10. The van der Waals surface area contributed by atoms with Gasteiger partial charge in [-0.1, -0.05) is 0 Å². The first-order valence-electron chi connectivity index (χ1n) is 6.41. The van der Waals surface area contributed by atoms with Gasteiger partial charge >= 0.3 is 6.18 Å². The predicted octanol–water partition coefficient (Wildman–Crippen LogP) is 3.20. The summed E-state index contributed by atoms with van der Waals surface area (Å²) in [4.78, 5) is 11.9. The molecule has 112 valence electrons. The topological polar surface area (TPSA) is 52.9 Å². The van der Waals surface area contributed by atoms with E-state index < -0.39 is 17.3 Å². The summed E-state index contributed by atoms with van der Waals surface area (Å²) in [5.41, 5.74) is -1.38. The third-order valence-electron chi connectivity index (χ3n) is 3.07. The van der Waals surface area contributed by atoms with Crippen LogP contribution in [0.4, 0.5) is 13.2 Å². The molecular weight excluding hydrogens is 301 g/mol. The standard InChI is InChI=1S/C14H13F3N2OS/c15-14(16,17)12-5-11(4-3-10(12)6-18)21-8-13(20)19-7-9-1-2-9/h3-5,9H,1-2,7-8H2,(H,19,20). The molecule has 0 bridgehead atoms. The van der Waals surface area contributed by atoms with Crippen LogP contribution in [0.1, 0.15) is 24.0 Å². The van der Waals surface area contributed by atoms with Crippen LogP contribution in [0.5, 0.6) is 0 Å². The summed E-state index contributed by atoms with van der Waals surface area (Å²) in [6.45, 7) is 0.639. The molecule has 0 radical (unpaired) electrons. The van der Waals surface area contributed by atoms with Crippen LogP contribution >= 0.6 is 11.8 Å². The molecule has 0 saturated heterocycles. The minimum atomic E-state index is -4.57. The molecule has 3 nitrogen and oxygen atoms in total. The van der Waals surface area contributed by atoms with Gasteiger partial charge in [-0.25, -0.2) is 0 Å². The average molecular weight is 314 g/mol. The molecule has 2 rings (SSSR count). The molecule has 21 heavy (non-hydrogen) atoms. The maximum atomic E-state index is 12.8. The van der Waals surface area contributed by atoms with Crippen molar-refractivity contribution in [2.45, 2.75) is 23.9 Å². The summed E-state index contributed by atoms with van der Waals surface area (Å²) in [5, 5.41) is 11.4. The Morgan fingerprint density at radius 2 is 2.14 bits per heavy atom. The van der Waals surface area contributed by atoms with Gasteiger partial charge < -0.3 is 5.32 Å². The van der Waals surface area contributed by atoms with Crippen LogP contribution in [0.15, 0.2) is 23.1 Å². The van der Waals surface area contributed by atoms with Gasteiger partial charge in [0, 0.05) is 11.4 Å². The van der Waals surface area contributed by atoms with E-state index in [9.17, 15) is 18.0 Å².